The lowest BCUT2D eigenvalue weighted by molar-refractivity contribution is -0.383. The van der Waals surface area contributed by atoms with E-state index in [1.807, 2.05) is 18.2 Å². The van der Waals surface area contributed by atoms with Crippen molar-refractivity contribution >= 4 is 28.7 Å². The SMILES string of the molecule is CNC(=O)c1ccc(Nc2cccc(N3CCN(CC4CC4)CC3)c2)c([N+](=O)[O-])c1. The van der Waals surface area contributed by atoms with Crippen LogP contribution in [0.1, 0.15) is 23.2 Å². The van der Waals surface area contributed by atoms with Crippen LogP contribution in [0.2, 0.25) is 0 Å². The molecule has 2 N–H and O–H groups in total. The summed E-state index contributed by atoms with van der Waals surface area (Å²) in [4.78, 5) is 27.8. The molecule has 0 unspecified atom stereocenters. The van der Waals surface area contributed by atoms with Crippen LogP contribution in [0.25, 0.3) is 0 Å². The van der Waals surface area contributed by atoms with Gasteiger partial charge in [-0.1, -0.05) is 6.07 Å². The lowest BCUT2D eigenvalue weighted by atomic mass is 10.1. The van der Waals surface area contributed by atoms with Crippen LogP contribution in [0.5, 0.6) is 0 Å². The minimum atomic E-state index is -0.474. The predicted octanol–water partition coefficient (Wildman–Crippen LogP) is 3.23. The second-order valence-corrected chi connectivity index (χ2v) is 7.97. The summed E-state index contributed by atoms with van der Waals surface area (Å²) in [5.41, 5.74) is 2.38. The largest absolute Gasteiger partial charge is 0.369 e. The van der Waals surface area contributed by atoms with Gasteiger partial charge in [0.05, 0.1) is 4.92 Å². The molecule has 2 aromatic rings. The molecule has 0 bridgehead atoms. The van der Waals surface area contributed by atoms with Gasteiger partial charge in [-0.15, -0.1) is 0 Å². The average Bonchev–Trinajstić information content (AvgIpc) is 3.58. The van der Waals surface area contributed by atoms with Gasteiger partial charge in [0.2, 0.25) is 0 Å². The topological polar surface area (TPSA) is 90.8 Å². The smallest absolute Gasteiger partial charge is 0.293 e. The third kappa shape index (κ3) is 4.71. The predicted molar refractivity (Wildman–Crippen MR) is 118 cm³/mol. The molecule has 1 saturated carbocycles. The molecule has 2 aromatic carbocycles. The molecule has 0 spiro atoms. The van der Waals surface area contributed by atoms with Crippen molar-refractivity contribution in [2.45, 2.75) is 12.8 Å². The van der Waals surface area contributed by atoms with E-state index in [-0.39, 0.29) is 17.2 Å². The van der Waals surface area contributed by atoms with Crippen LogP contribution in [0, 0.1) is 16.0 Å². The van der Waals surface area contributed by atoms with Crippen molar-refractivity contribution in [3.05, 3.63) is 58.1 Å². The van der Waals surface area contributed by atoms with E-state index in [4.69, 9.17) is 0 Å². The zero-order valence-electron chi connectivity index (χ0n) is 17.1. The monoisotopic (exact) mass is 409 g/mol. The number of nitro benzene ring substituents is 1. The van der Waals surface area contributed by atoms with Crippen molar-refractivity contribution in [1.82, 2.24) is 10.2 Å². The molecule has 8 heteroatoms. The van der Waals surface area contributed by atoms with Gasteiger partial charge in [-0.2, -0.15) is 0 Å². The number of anilines is 3. The minimum Gasteiger partial charge on any atom is -0.369 e. The summed E-state index contributed by atoms with van der Waals surface area (Å²) in [7, 11) is 1.50. The first-order chi connectivity index (χ1) is 14.5. The maximum Gasteiger partial charge on any atom is 0.293 e. The Morgan fingerprint density at radius 1 is 1.13 bits per heavy atom. The second kappa shape index (κ2) is 8.71. The molecule has 4 rings (SSSR count). The number of amides is 1. The second-order valence-electron chi connectivity index (χ2n) is 7.97. The van der Waals surface area contributed by atoms with Gasteiger partial charge in [-0.05, 0) is 49.1 Å². The molecule has 0 aromatic heterocycles. The molecule has 0 atom stereocenters. The molecule has 1 aliphatic heterocycles. The molecule has 2 aliphatic rings. The number of nitrogens with zero attached hydrogens (tertiary/aromatic N) is 3. The Morgan fingerprint density at radius 3 is 2.57 bits per heavy atom. The van der Waals surface area contributed by atoms with E-state index in [0.717, 1.165) is 43.5 Å². The number of benzene rings is 2. The van der Waals surface area contributed by atoms with Gasteiger partial charge in [0, 0.05) is 62.8 Å². The number of nitrogens with one attached hydrogen (secondary N) is 2. The van der Waals surface area contributed by atoms with E-state index in [9.17, 15) is 14.9 Å². The van der Waals surface area contributed by atoms with Crippen molar-refractivity contribution in [2.75, 3.05) is 50.0 Å². The fourth-order valence-corrected chi connectivity index (χ4v) is 3.86. The first kappa shape index (κ1) is 20.2. The lowest BCUT2D eigenvalue weighted by Gasteiger charge is -2.36. The van der Waals surface area contributed by atoms with E-state index in [0.29, 0.717) is 5.69 Å². The Bertz CT molecular complexity index is 936. The van der Waals surface area contributed by atoms with E-state index >= 15 is 0 Å². The highest BCUT2D eigenvalue weighted by atomic mass is 16.6. The molecule has 1 aliphatic carbocycles. The van der Waals surface area contributed by atoms with Gasteiger partial charge < -0.3 is 15.5 Å². The van der Waals surface area contributed by atoms with Crippen LogP contribution in [0.4, 0.5) is 22.7 Å². The van der Waals surface area contributed by atoms with Crippen LogP contribution >= 0.6 is 0 Å². The van der Waals surface area contributed by atoms with Crippen molar-refractivity contribution in [2.24, 2.45) is 5.92 Å². The number of piperazine rings is 1. The Hall–Kier alpha value is -3.13. The van der Waals surface area contributed by atoms with E-state index in [1.165, 1.54) is 32.5 Å². The van der Waals surface area contributed by atoms with Crippen LogP contribution in [-0.4, -0.2) is 55.5 Å². The lowest BCUT2D eigenvalue weighted by Crippen LogP contribution is -2.47. The summed E-state index contributed by atoms with van der Waals surface area (Å²) in [6.07, 6.45) is 2.76. The van der Waals surface area contributed by atoms with Gasteiger partial charge in [0.15, 0.2) is 0 Å². The molecule has 1 amide bonds. The molecular formula is C22H27N5O3. The van der Waals surface area contributed by atoms with Gasteiger partial charge in [0.25, 0.3) is 11.6 Å². The third-order valence-electron chi connectivity index (χ3n) is 5.76. The Kier molecular flexibility index (Phi) is 5.85. The molecule has 158 valence electrons. The molecule has 2 fully saturated rings. The Morgan fingerprint density at radius 2 is 1.90 bits per heavy atom. The van der Waals surface area contributed by atoms with E-state index in [2.05, 4.69) is 26.5 Å². The van der Waals surface area contributed by atoms with Crippen molar-refractivity contribution in [3.63, 3.8) is 0 Å². The highest BCUT2D eigenvalue weighted by Crippen LogP contribution is 2.32. The zero-order valence-corrected chi connectivity index (χ0v) is 17.1. The normalized spacial score (nSPS) is 16.9. The first-order valence-corrected chi connectivity index (χ1v) is 10.4. The number of carbonyl (C=O) groups is 1. The molecule has 0 radical (unpaired) electrons. The molecule has 1 heterocycles. The molecule has 30 heavy (non-hydrogen) atoms. The third-order valence-corrected chi connectivity index (χ3v) is 5.76. The summed E-state index contributed by atoms with van der Waals surface area (Å²) in [5.74, 6) is 0.558. The molecule has 1 saturated heterocycles. The van der Waals surface area contributed by atoms with Crippen LogP contribution in [-0.2, 0) is 0 Å². The van der Waals surface area contributed by atoms with Gasteiger partial charge in [-0.25, -0.2) is 0 Å². The number of rotatable bonds is 7. The van der Waals surface area contributed by atoms with Crippen LogP contribution in [0.3, 0.4) is 0 Å². The standard InChI is InChI=1S/C22H27N5O3/c1-23-22(28)17-7-8-20(21(13-17)27(29)30)24-18-3-2-4-19(14-18)26-11-9-25(10-12-26)15-16-5-6-16/h2-4,7-8,13-14,16,24H,5-6,9-12,15H2,1H3,(H,23,28). The summed E-state index contributed by atoms with van der Waals surface area (Å²) in [5, 5.41) is 17.2. The van der Waals surface area contributed by atoms with Crippen LogP contribution < -0.4 is 15.5 Å². The van der Waals surface area contributed by atoms with Crippen molar-refractivity contribution in [3.8, 4) is 0 Å². The maximum absolute atomic E-state index is 11.8. The zero-order chi connectivity index (χ0) is 21.1. The fraction of sp³-hybridized carbons (Fsp3) is 0.409. The number of hydrogen-bond acceptors (Lipinski definition) is 6. The quantitative estimate of drug-likeness (QED) is 0.539. The van der Waals surface area contributed by atoms with Crippen molar-refractivity contribution < 1.29 is 9.72 Å². The van der Waals surface area contributed by atoms with E-state index in [1.54, 1.807) is 12.1 Å². The minimum absolute atomic E-state index is 0.129. The molecule has 8 nitrogen and oxygen atoms in total. The molecular weight excluding hydrogens is 382 g/mol. The van der Waals surface area contributed by atoms with Gasteiger partial charge in [0.1, 0.15) is 5.69 Å². The average molecular weight is 409 g/mol. The van der Waals surface area contributed by atoms with Gasteiger partial charge >= 0.3 is 0 Å². The summed E-state index contributed by atoms with van der Waals surface area (Å²) in [6.45, 7) is 5.33. The highest BCUT2D eigenvalue weighted by Gasteiger charge is 2.26. The Balaban J connectivity index is 1.46. The summed E-state index contributed by atoms with van der Waals surface area (Å²) < 4.78 is 0. The summed E-state index contributed by atoms with van der Waals surface area (Å²) in [6, 6.07) is 12.4. The number of hydrogen-bond donors (Lipinski definition) is 2. The first-order valence-electron chi connectivity index (χ1n) is 10.4. The maximum atomic E-state index is 11.8. The highest BCUT2D eigenvalue weighted by molar-refractivity contribution is 5.95. The van der Waals surface area contributed by atoms with Crippen LogP contribution in [0.15, 0.2) is 42.5 Å². The number of carbonyl (C=O) groups excluding carboxylic acids is 1. The van der Waals surface area contributed by atoms with E-state index < -0.39 is 4.92 Å². The summed E-state index contributed by atoms with van der Waals surface area (Å²) >= 11 is 0. The van der Waals surface area contributed by atoms with Crippen molar-refractivity contribution in [1.29, 1.82) is 0 Å². The fourth-order valence-electron chi connectivity index (χ4n) is 3.86. The Labute approximate surface area is 176 Å². The number of nitro groups is 1. The van der Waals surface area contributed by atoms with Gasteiger partial charge in [-0.3, -0.25) is 19.8 Å².